The maximum absolute atomic E-state index is 12.2. The molecule has 0 saturated carbocycles. The number of carboxylic acids is 1. The van der Waals surface area contributed by atoms with Crippen LogP contribution in [0.2, 0.25) is 5.02 Å². The van der Waals surface area contributed by atoms with Crippen LogP contribution in [0.4, 0.5) is 0 Å². The van der Waals surface area contributed by atoms with E-state index >= 15 is 0 Å². The smallest absolute Gasteiger partial charge is 0.337 e. The Morgan fingerprint density at radius 3 is 2.76 bits per heavy atom. The van der Waals surface area contributed by atoms with Gasteiger partial charge in [0.25, 0.3) is 0 Å². The second-order valence-electron chi connectivity index (χ2n) is 4.61. The molecule has 2 rings (SSSR count). The molecule has 116 valence electrons. The van der Waals surface area contributed by atoms with Crippen LogP contribution in [0.3, 0.4) is 0 Å². The van der Waals surface area contributed by atoms with Crippen LogP contribution in [0.5, 0.6) is 0 Å². The Labute approximate surface area is 126 Å². The molecule has 1 fully saturated rings. The van der Waals surface area contributed by atoms with Crippen molar-refractivity contribution in [3.05, 3.63) is 28.8 Å². The van der Waals surface area contributed by atoms with Gasteiger partial charge >= 0.3 is 5.97 Å². The Morgan fingerprint density at radius 1 is 1.43 bits per heavy atom. The van der Waals surface area contributed by atoms with E-state index in [2.05, 4.69) is 4.72 Å². The minimum Gasteiger partial charge on any atom is -0.478 e. The normalized spacial score (nSPS) is 23.0. The molecule has 0 amide bonds. The molecule has 21 heavy (non-hydrogen) atoms. The van der Waals surface area contributed by atoms with E-state index in [0.29, 0.717) is 13.0 Å². The first-order valence-electron chi connectivity index (χ1n) is 6.12. The largest absolute Gasteiger partial charge is 0.478 e. The highest BCUT2D eigenvalue weighted by Crippen LogP contribution is 2.21. The number of aliphatic hydroxyl groups excluding tert-OH is 1. The molecular formula is C12H14ClNO6S. The van der Waals surface area contributed by atoms with Crippen molar-refractivity contribution in [2.75, 3.05) is 13.2 Å². The lowest BCUT2D eigenvalue weighted by Gasteiger charge is -2.28. The molecule has 0 bridgehead atoms. The Bertz CT molecular complexity index is 647. The van der Waals surface area contributed by atoms with Crippen LogP contribution in [0.15, 0.2) is 23.1 Å². The molecule has 7 nitrogen and oxygen atoms in total. The van der Waals surface area contributed by atoms with E-state index in [1.54, 1.807) is 0 Å². The van der Waals surface area contributed by atoms with Crippen molar-refractivity contribution in [1.82, 2.24) is 4.72 Å². The predicted octanol–water partition coefficient (Wildman–Crippen LogP) is 0.466. The number of aliphatic hydroxyl groups is 1. The van der Waals surface area contributed by atoms with Crippen molar-refractivity contribution in [3.63, 3.8) is 0 Å². The van der Waals surface area contributed by atoms with Crippen molar-refractivity contribution in [2.24, 2.45) is 0 Å². The summed E-state index contributed by atoms with van der Waals surface area (Å²) in [5, 5.41) is 18.6. The van der Waals surface area contributed by atoms with Crippen molar-refractivity contribution >= 4 is 27.6 Å². The molecule has 1 aliphatic heterocycles. The van der Waals surface area contributed by atoms with Gasteiger partial charge in [0.2, 0.25) is 10.0 Å². The third-order valence-electron chi connectivity index (χ3n) is 3.11. The summed E-state index contributed by atoms with van der Waals surface area (Å²) in [6.45, 7) is 0.388. The molecule has 1 aromatic rings. The summed E-state index contributed by atoms with van der Waals surface area (Å²) in [6, 6.07) is 2.73. The zero-order valence-corrected chi connectivity index (χ0v) is 12.4. The lowest BCUT2D eigenvalue weighted by molar-refractivity contribution is -0.0222. The number of carboxylic acid groups (broad SMARTS) is 1. The Kier molecular flexibility index (Phi) is 4.84. The first-order chi connectivity index (χ1) is 9.81. The molecule has 2 atom stereocenters. The number of nitrogens with one attached hydrogen (secondary N) is 1. The summed E-state index contributed by atoms with van der Waals surface area (Å²) in [6.07, 6.45) is -0.612. The minimum atomic E-state index is -3.95. The fourth-order valence-corrected chi connectivity index (χ4v) is 3.49. The van der Waals surface area contributed by atoms with Crippen LogP contribution in [-0.2, 0) is 14.8 Å². The SMILES string of the molecule is O=C(O)c1cc(S(=O)(=O)NC2CCOCC2O)ccc1Cl. The summed E-state index contributed by atoms with van der Waals surface area (Å²) < 4.78 is 31.8. The Balaban J connectivity index is 2.27. The van der Waals surface area contributed by atoms with Crippen LogP contribution < -0.4 is 4.72 Å². The van der Waals surface area contributed by atoms with Gasteiger partial charge in [-0.05, 0) is 24.6 Å². The van der Waals surface area contributed by atoms with Gasteiger partial charge in [0.1, 0.15) is 0 Å². The molecule has 2 unspecified atom stereocenters. The first-order valence-corrected chi connectivity index (χ1v) is 7.98. The molecule has 1 heterocycles. The second-order valence-corrected chi connectivity index (χ2v) is 6.73. The van der Waals surface area contributed by atoms with Crippen LogP contribution in [0.25, 0.3) is 0 Å². The van der Waals surface area contributed by atoms with Crippen molar-refractivity contribution < 1.29 is 28.2 Å². The number of ether oxygens (including phenoxy) is 1. The van der Waals surface area contributed by atoms with E-state index in [-0.39, 0.29) is 22.1 Å². The van der Waals surface area contributed by atoms with Crippen LogP contribution >= 0.6 is 11.6 Å². The maximum atomic E-state index is 12.2. The fourth-order valence-electron chi connectivity index (χ4n) is 1.96. The molecule has 1 aromatic carbocycles. The van der Waals surface area contributed by atoms with Gasteiger partial charge in [0.15, 0.2) is 0 Å². The van der Waals surface area contributed by atoms with Crippen LogP contribution in [0, 0.1) is 0 Å². The fraction of sp³-hybridized carbons (Fsp3) is 0.417. The van der Waals surface area contributed by atoms with Crippen molar-refractivity contribution in [2.45, 2.75) is 23.5 Å². The van der Waals surface area contributed by atoms with Gasteiger partial charge in [0.05, 0.1) is 34.2 Å². The number of hydrogen-bond acceptors (Lipinski definition) is 5. The number of sulfonamides is 1. The number of halogens is 1. The van der Waals surface area contributed by atoms with Crippen LogP contribution in [0.1, 0.15) is 16.8 Å². The molecular weight excluding hydrogens is 322 g/mol. The average molecular weight is 336 g/mol. The quantitative estimate of drug-likeness (QED) is 0.737. The Hall–Kier alpha value is -1.19. The van der Waals surface area contributed by atoms with Gasteiger partial charge in [-0.25, -0.2) is 17.9 Å². The molecule has 0 aliphatic carbocycles. The molecule has 3 N–H and O–H groups in total. The molecule has 0 spiro atoms. The number of rotatable bonds is 4. The van der Waals surface area contributed by atoms with E-state index in [0.717, 1.165) is 6.07 Å². The summed E-state index contributed by atoms with van der Waals surface area (Å²) in [7, 11) is -3.95. The number of carbonyl (C=O) groups is 1. The molecule has 0 radical (unpaired) electrons. The summed E-state index contributed by atoms with van der Waals surface area (Å²) in [5.74, 6) is -1.32. The average Bonchev–Trinajstić information content (AvgIpc) is 2.41. The number of aromatic carboxylic acids is 1. The highest BCUT2D eigenvalue weighted by molar-refractivity contribution is 7.89. The van der Waals surface area contributed by atoms with E-state index in [4.69, 9.17) is 21.4 Å². The monoisotopic (exact) mass is 335 g/mol. The van der Waals surface area contributed by atoms with Crippen molar-refractivity contribution in [3.8, 4) is 0 Å². The lowest BCUT2D eigenvalue weighted by Crippen LogP contribution is -2.48. The maximum Gasteiger partial charge on any atom is 0.337 e. The standard InChI is InChI=1S/C12H14ClNO6S/c13-9-2-1-7(5-8(9)12(16)17)21(18,19)14-10-3-4-20-6-11(10)15/h1-2,5,10-11,14-15H,3-4,6H2,(H,16,17). The topological polar surface area (TPSA) is 113 Å². The van der Waals surface area contributed by atoms with E-state index in [1.165, 1.54) is 12.1 Å². The number of hydrogen-bond donors (Lipinski definition) is 3. The van der Waals surface area contributed by atoms with E-state index < -0.39 is 28.1 Å². The molecule has 0 aromatic heterocycles. The molecule has 1 saturated heterocycles. The zero-order valence-electron chi connectivity index (χ0n) is 10.8. The number of benzene rings is 1. The highest BCUT2D eigenvalue weighted by atomic mass is 35.5. The second kappa shape index (κ2) is 6.29. The first kappa shape index (κ1) is 16.2. The third kappa shape index (κ3) is 3.72. The lowest BCUT2D eigenvalue weighted by atomic mass is 10.1. The van der Waals surface area contributed by atoms with Crippen molar-refractivity contribution in [1.29, 1.82) is 0 Å². The third-order valence-corrected chi connectivity index (χ3v) is 4.93. The van der Waals surface area contributed by atoms with Gasteiger partial charge in [-0.15, -0.1) is 0 Å². The zero-order chi connectivity index (χ0) is 15.6. The minimum absolute atomic E-state index is 0.0486. The van der Waals surface area contributed by atoms with Gasteiger partial charge < -0.3 is 14.9 Å². The van der Waals surface area contributed by atoms with Crippen LogP contribution in [-0.4, -0.2) is 50.0 Å². The van der Waals surface area contributed by atoms with Gasteiger partial charge in [-0.3, -0.25) is 0 Å². The van der Waals surface area contributed by atoms with Gasteiger partial charge in [-0.1, -0.05) is 11.6 Å². The molecule has 1 aliphatic rings. The van der Waals surface area contributed by atoms with E-state index in [1.807, 2.05) is 0 Å². The summed E-state index contributed by atoms with van der Waals surface area (Å²) >= 11 is 5.70. The van der Waals surface area contributed by atoms with E-state index in [9.17, 15) is 18.3 Å². The predicted molar refractivity (Wildman–Crippen MR) is 74.0 cm³/mol. The summed E-state index contributed by atoms with van der Waals surface area (Å²) in [5.41, 5.74) is -0.299. The highest BCUT2D eigenvalue weighted by Gasteiger charge is 2.29. The molecule has 9 heteroatoms. The van der Waals surface area contributed by atoms with Gasteiger partial charge in [-0.2, -0.15) is 0 Å². The Morgan fingerprint density at radius 2 is 2.14 bits per heavy atom. The van der Waals surface area contributed by atoms with Gasteiger partial charge in [0, 0.05) is 6.61 Å². The summed E-state index contributed by atoms with van der Waals surface area (Å²) in [4.78, 5) is 10.8.